The highest BCUT2D eigenvalue weighted by Gasteiger charge is 2.13. The number of nitrogens with zero attached hydrogens (tertiary/aromatic N) is 3. The van der Waals surface area contributed by atoms with E-state index < -0.39 is 0 Å². The second-order valence-electron chi connectivity index (χ2n) is 5.47. The quantitative estimate of drug-likeness (QED) is 0.798. The molecule has 5 nitrogen and oxygen atoms in total. The molecule has 0 aliphatic rings. The van der Waals surface area contributed by atoms with Gasteiger partial charge in [0.05, 0.1) is 23.9 Å². The molecular weight excluding hydrogens is 276 g/mol. The van der Waals surface area contributed by atoms with E-state index >= 15 is 0 Å². The first kappa shape index (κ1) is 16.1. The fourth-order valence-corrected chi connectivity index (χ4v) is 2.14. The third-order valence-corrected chi connectivity index (χ3v) is 3.69. The lowest BCUT2D eigenvalue weighted by atomic mass is 10.2. The molecule has 0 saturated carbocycles. The molecule has 0 unspecified atom stereocenters. The summed E-state index contributed by atoms with van der Waals surface area (Å²) in [6.45, 7) is 7.67. The molecule has 116 valence electrons. The third-order valence-electron chi connectivity index (χ3n) is 3.69. The van der Waals surface area contributed by atoms with Crippen molar-refractivity contribution in [3.63, 3.8) is 0 Å². The molecule has 1 N–H and O–H groups in total. The highest BCUT2D eigenvalue weighted by molar-refractivity contribution is 5.34. The van der Waals surface area contributed by atoms with E-state index in [2.05, 4.69) is 36.5 Å². The summed E-state index contributed by atoms with van der Waals surface area (Å²) >= 11 is 0. The monoisotopic (exact) mass is 298 g/mol. The number of aromatic nitrogens is 2. The number of rotatable bonds is 7. The van der Waals surface area contributed by atoms with Gasteiger partial charge in [0.2, 0.25) is 0 Å². The second-order valence-corrected chi connectivity index (χ2v) is 5.47. The molecule has 0 fully saturated rings. The Hall–Kier alpha value is -2.32. The fourth-order valence-electron chi connectivity index (χ4n) is 2.14. The van der Waals surface area contributed by atoms with E-state index in [9.17, 15) is 0 Å². The van der Waals surface area contributed by atoms with Crippen molar-refractivity contribution in [2.24, 2.45) is 0 Å². The zero-order chi connectivity index (χ0) is 15.9. The van der Waals surface area contributed by atoms with Crippen LogP contribution in [0, 0.1) is 18.3 Å². The van der Waals surface area contributed by atoms with Crippen LogP contribution in [-0.2, 0) is 0 Å². The number of hydrogen-bond acceptors (Lipinski definition) is 4. The standard InChI is InChI=1S/C17H22N4O/c1-13-11-20-21(12-13)15(3)14(2)19-8-9-22-17-6-4-16(10-18)5-7-17/h4-7,11-12,14-15,19H,8-9H2,1-3H3/t14-,15-/m0/s1. The lowest BCUT2D eigenvalue weighted by molar-refractivity contribution is 0.289. The Morgan fingerprint density at radius 1 is 1.32 bits per heavy atom. The summed E-state index contributed by atoms with van der Waals surface area (Å²) in [4.78, 5) is 0. The number of aryl methyl sites for hydroxylation is 1. The Bertz CT molecular complexity index is 627. The molecule has 1 aromatic carbocycles. The number of benzene rings is 1. The van der Waals surface area contributed by atoms with Crippen molar-refractivity contribution in [3.8, 4) is 11.8 Å². The zero-order valence-electron chi connectivity index (χ0n) is 13.3. The summed E-state index contributed by atoms with van der Waals surface area (Å²) in [5.41, 5.74) is 1.81. The van der Waals surface area contributed by atoms with Crippen LogP contribution in [0.2, 0.25) is 0 Å². The molecule has 5 heteroatoms. The fraction of sp³-hybridized carbons (Fsp3) is 0.412. The van der Waals surface area contributed by atoms with Crippen molar-refractivity contribution in [1.82, 2.24) is 15.1 Å². The number of nitrogens with one attached hydrogen (secondary N) is 1. The zero-order valence-corrected chi connectivity index (χ0v) is 13.3. The van der Waals surface area contributed by atoms with E-state index in [4.69, 9.17) is 10.00 Å². The van der Waals surface area contributed by atoms with Gasteiger partial charge in [0, 0.05) is 18.8 Å². The number of hydrogen-bond donors (Lipinski definition) is 1. The molecule has 2 atom stereocenters. The molecule has 0 radical (unpaired) electrons. The lowest BCUT2D eigenvalue weighted by Gasteiger charge is -2.21. The predicted octanol–water partition coefficient (Wildman–Crippen LogP) is 2.68. The summed E-state index contributed by atoms with van der Waals surface area (Å²) in [5, 5.41) is 16.5. The molecule has 2 aromatic rings. The van der Waals surface area contributed by atoms with Gasteiger partial charge in [0.1, 0.15) is 12.4 Å². The molecule has 0 saturated heterocycles. The van der Waals surface area contributed by atoms with Crippen LogP contribution >= 0.6 is 0 Å². The topological polar surface area (TPSA) is 62.9 Å². The Kier molecular flexibility index (Phi) is 5.56. The van der Waals surface area contributed by atoms with Gasteiger partial charge in [-0.3, -0.25) is 4.68 Å². The Labute approximate surface area is 131 Å². The van der Waals surface area contributed by atoms with Gasteiger partial charge in [-0.1, -0.05) is 0 Å². The van der Waals surface area contributed by atoms with Crippen molar-refractivity contribution in [1.29, 1.82) is 5.26 Å². The average molecular weight is 298 g/mol. The van der Waals surface area contributed by atoms with E-state index in [0.29, 0.717) is 18.2 Å². The van der Waals surface area contributed by atoms with Gasteiger partial charge in [-0.2, -0.15) is 10.4 Å². The van der Waals surface area contributed by atoms with E-state index in [1.165, 1.54) is 5.56 Å². The maximum absolute atomic E-state index is 8.74. The van der Waals surface area contributed by atoms with Crippen molar-refractivity contribution < 1.29 is 4.74 Å². The van der Waals surface area contributed by atoms with Gasteiger partial charge >= 0.3 is 0 Å². The number of ether oxygens (including phenoxy) is 1. The van der Waals surface area contributed by atoms with E-state index in [1.807, 2.05) is 29.9 Å². The number of nitriles is 1. The van der Waals surface area contributed by atoms with Crippen LogP contribution in [0.3, 0.4) is 0 Å². The molecule has 0 aliphatic heterocycles. The normalized spacial score (nSPS) is 13.4. The summed E-state index contributed by atoms with van der Waals surface area (Å²) in [7, 11) is 0. The molecule has 0 amide bonds. The maximum Gasteiger partial charge on any atom is 0.119 e. The average Bonchev–Trinajstić information content (AvgIpc) is 2.97. The Balaban J connectivity index is 1.72. The first-order chi connectivity index (χ1) is 10.6. The van der Waals surface area contributed by atoms with Crippen LogP contribution in [0.15, 0.2) is 36.7 Å². The van der Waals surface area contributed by atoms with Gasteiger partial charge in [-0.05, 0) is 50.6 Å². The molecule has 0 spiro atoms. The van der Waals surface area contributed by atoms with Crippen molar-refractivity contribution in [3.05, 3.63) is 47.8 Å². The van der Waals surface area contributed by atoms with E-state index in [1.54, 1.807) is 12.1 Å². The molecule has 0 aliphatic carbocycles. The minimum absolute atomic E-state index is 0.281. The summed E-state index contributed by atoms with van der Waals surface area (Å²) < 4.78 is 7.63. The minimum atomic E-state index is 0.281. The Morgan fingerprint density at radius 3 is 2.64 bits per heavy atom. The van der Waals surface area contributed by atoms with E-state index in [-0.39, 0.29) is 6.04 Å². The van der Waals surface area contributed by atoms with Gasteiger partial charge < -0.3 is 10.1 Å². The third kappa shape index (κ3) is 4.34. The molecule has 0 bridgehead atoms. The highest BCUT2D eigenvalue weighted by Crippen LogP contribution is 2.12. The maximum atomic E-state index is 8.74. The second kappa shape index (κ2) is 7.62. The van der Waals surface area contributed by atoms with E-state index in [0.717, 1.165) is 12.3 Å². The van der Waals surface area contributed by atoms with Gasteiger partial charge in [0.25, 0.3) is 0 Å². The van der Waals surface area contributed by atoms with Crippen molar-refractivity contribution in [2.75, 3.05) is 13.2 Å². The Morgan fingerprint density at radius 2 is 2.05 bits per heavy atom. The SMILES string of the molecule is Cc1cnn([C@@H](C)[C@H](C)NCCOc2ccc(C#N)cc2)c1. The summed E-state index contributed by atoms with van der Waals surface area (Å²) in [5.74, 6) is 0.782. The van der Waals surface area contributed by atoms with Crippen LogP contribution in [0.4, 0.5) is 0 Å². The van der Waals surface area contributed by atoms with Crippen molar-refractivity contribution >= 4 is 0 Å². The molecule has 22 heavy (non-hydrogen) atoms. The van der Waals surface area contributed by atoms with Crippen LogP contribution < -0.4 is 10.1 Å². The highest BCUT2D eigenvalue weighted by atomic mass is 16.5. The van der Waals surface area contributed by atoms with Crippen LogP contribution in [-0.4, -0.2) is 29.0 Å². The molecule has 1 aromatic heterocycles. The molecule has 1 heterocycles. The van der Waals surface area contributed by atoms with Crippen LogP contribution in [0.5, 0.6) is 5.75 Å². The van der Waals surface area contributed by atoms with Crippen LogP contribution in [0.25, 0.3) is 0 Å². The van der Waals surface area contributed by atoms with Gasteiger partial charge in [-0.15, -0.1) is 0 Å². The first-order valence-corrected chi connectivity index (χ1v) is 7.47. The predicted molar refractivity (Wildman–Crippen MR) is 85.8 cm³/mol. The molecule has 2 rings (SSSR count). The summed E-state index contributed by atoms with van der Waals surface area (Å²) in [6.07, 6.45) is 3.92. The van der Waals surface area contributed by atoms with Gasteiger partial charge in [0.15, 0.2) is 0 Å². The molecular formula is C17H22N4O. The first-order valence-electron chi connectivity index (χ1n) is 7.47. The lowest BCUT2D eigenvalue weighted by Crippen LogP contribution is -2.36. The summed E-state index contributed by atoms with van der Waals surface area (Å²) in [6, 6.07) is 9.81. The largest absolute Gasteiger partial charge is 0.492 e. The minimum Gasteiger partial charge on any atom is -0.492 e. The van der Waals surface area contributed by atoms with Crippen LogP contribution in [0.1, 0.15) is 31.0 Å². The van der Waals surface area contributed by atoms with Crippen molar-refractivity contribution in [2.45, 2.75) is 32.9 Å². The smallest absolute Gasteiger partial charge is 0.119 e. The van der Waals surface area contributed by atoms with Gasteiger partial charge in [-0.25, -0.2) is 0 Å².